The van der Waals surface area contributed by atoms with Crippen molar-refractivity contribution in [1.82, 2.24) is 10.2 Å². The van der Waals surface area contributed by atoms with Crippen molar-refractivity contribution in [1.29, 1.82) is 0 Å². The lowest BCUT2D eigenvalue weighted by Crippen LogP contribution is -2.46. The number of nitrogens with one attached hydrogen (secondary N) is 1. The first-order chi connectivity index (χ1) is 12.6. The Morgan fingerprint density at radius 1 is 0.885 bits per heavy atom. The first-order valence-electron chi connectivity index (χ1n) is 8.81. The molecular formula is C21H22N2O3. The van der Waals surface area contributed by atoms with Gasteiger partial charge in [-0.2, -0.15) is 0 Å². The third-order valence-electron chi connectivity index (χ3n) is 4.73. The molecule has 1 fully saturated rings. The molecule has 5 heteroatoms. The monoisotopic (exact) mass is 350 g/mol. The topological polar surface area (TPSA) is 66.5 Å². The van der Waals surface area contributed by atoms with Crippen molar-refractivity contribution in [3.63, 3.8) is 0 Å². The number of benzene rings is 2. The molecule has 5 nitrogen and oxygen atoms in total. The second kappa shape index (κ2) is 7.95. The summed E-state index contributed by atoms with van der Waals surface area (Å²) in [6.45, 7) is 2.85. The van der Waals surface area contributed by atoms with Crippen LogP contribution in [0.4, 0.5) is 0 Å². The van der Waals surface area contributed by atoms with E-state index in [-0.39, 0.29) is 23.6 Å². The summed E-state index contributed by atoms with van der Waals surface area (Å²) in [4.78, 5) is 38.7. The third-order valence-corrected chi connectivity index (χ3v) is 4.73. The van der Waals surface area contributed by atoms with Gasteiger partial charge in [0, 0.05) is 37.2 Å². The second-order valence-corrected chi connectivity index (χ2v) is 6.49. The Morgan fingerprint density at radius 3 is 2.08 bits per heavy atom. The molecule has 26 heavy (non-hydrogen) atoms. The molecule has 1 saturated heterocycles. The van der Waals surface area contributed by atoms with Crippen LogP contribution in [0.2, 0.25) is 0 Å². The van der Waals surface area contributed by atoms with Gasteiger partial charge < -0.3 is 10.2 Å². The van der Waals surface area contributed by atoms with E-state index >= 15 is 0 Å². The van der Waals surface area contributed by atoms with Crippen LogP contribution < -0.4 is 5.32 Å². The maximum atomic E-state index is 12.8. The molecule has 0 radical (unpaired) electrons. The van der Waals surface area contributed by atoms with Crippen LogP contribution in [0.1, 0.15) is 46.0 Å². The lowest BCUT2D eigenvalue weighted by Gasteiger charge is -2.31. The summed E-state index contributed by atoms with van der Waals surface area (Å²) >= 11 is 0. The van der Waals surface area contributed by atoms with Gasteiger partial charge in [-0.05, 0) is 18.9 Å². The number of rotatable bonds is 4. The smallest absolute Gasteiger partial charge is 0.252 e. The van der Waals surface area contributed by atoms with Crippen molar-refractivity contribution in [3.8, 4) is 0 Å². The molecule has 0 spiro atoms. The fraction of sp³-hybridized carbons (Fsp3) is 0.286. The number of piperidine rings is 1. The van der Waals surface area contributed by atoms with E-state index in [0.29, 0.717) is 29.8 Å². The summed E-state index contributed by atoms with van der Waals surface area (Å²) in [6.07, 6.45) is 1.44. The third kappa shape index (κ3) is 3.99. The summed E-state index contributed by atoms with van der Waals surface area (Å²) in [6, 6.07) is 15.8. The Bertz CT molecular complexity index is 809. The van der Waals surface area contributed by atoms with E-state index in [9.17, 15) is 14.4 Å². The molecule has 2 aromatic rings. The number of nitrogens with zero attached hydrogens (tertiary/aromatic N) is 1. The van der Waals surface area contributed by atoms with Gasteiger partial charge >= 0.3 is 0 Å². The molecule has 1 N–H and O–H groups in total. The van der Waals surface area contributed by atoms with E-state index < -0.39 is 0 Å². The number of hydrogen-bond acceptors (Lipinski definition) is 3. The van der Waals surface area contributed by atoms with E-state index in [4.69, 9.17) is 0 Å². The molecule has 2 aromatic carbocycles. The minimum atomic E-state index is -0.244. The summed E-state index contributed by atoms with van der Waals surface area (Å²) < 4.78 is 0. The van der Waals surface area contributed by atoms with Gasteiger partial charge in [-0.3, -0.25) is 14.4 Å². The van der Waals surface area contributed by atoms with Crippen molar-refractivity contribution >= 4 is 17.6 Å². The van der Waals surface area contributed by atoms with Gasteiger partial charge in [-0.25, -0.2) is 0 Å². The van der Waals surface area contributed by atoms with Gasteiger partial charge in [0.15, 0.2) is 5.78 Å². The van der Waals surface area contributed by atoms with Crippen LogP contribution in [-0.2, 0) is 4.79 Å². The predicted molar refractivity (Wildman–Crippen MR) is 99.1 cm³/mol. The molecule has 3 rings (SSSR count). The first-order valence-corrected chi connectivity index (χ1v) is 8.81. The predicted octanol–water partition coefficient (Wildman–Crippen LogP) is 2.66. The SMILES string of the molecule is CC(=O)N1CCC(NC(=O)c2ccccc2C(=O)c2ccccc2)CC1. The van der Waals surface area contributed by atoms with Crippen molar-refractivity contribution in [3.05, 3.63) is 71.3 Å². The largest absolute Gasteiger partial charge is 0.349 e. The van der Waals surface area contributed by atoms with Crippen LogP contribution in [-0.4, -0.2) is 41.6 Å². The molecule has 0 unspecified atom stereocenters. The molecule has 2 amide bonds. The Balaban J connectivity index is 1.73. The van der Waals surface area contributed by atoms with Gasteiger partial charge in [-0.15, -0.1) is 0 Å². The van der Waals surface area contributed by atoms with Crippen LogP contribution in [0, 0.1) is 0 Å². The quantitative estimate of drug-likeness (QED) is 0.862. The zero-order valence-electron chi connectivity index (χ0n) is 14.8. The normalized spacial score (nSPS) is 14.7. The van der Waals surface area contributed by atoms with E-state index in [2.05, 4.69) is 5.32 Å². The van der Waals surface area contributed by atoms with Gasteiger partial charge in [0.05, 0.1) is 5.56 Å². The van der Waals surface area contributed by atoms with Crippen molar-refractivity contribution in [2.24, 2.45) is 0 Å². The standard InChI is InChI=1S/C21H22N2O3/c1-15(24)23-13-11-17(12-14-23)22-21(26)19-10-6-5-9-18(19)20(25)16-7-3-2-4-8-16/h2-10,17H,11-14H2,1H3,(H,22,26). The molecule has 1 heterocycles. The fourth-order valence-corrected chi connectivity index (χ4v) is 3.23. The van der Waals surface area contributed by atoms with Gasteiger partial charge in [-0.1, -0.05) is 48.5 Å². The summed E-state index contributed by atoms with van der Waals surface area (Å²) in [5, 5.41) is 3.01. The lowest BCUT2D eigenvalue weighted by molar-refractivity contribution is -0.129. The van der Waals surface area contributed by atoms with Crippen molar-refractivity contribution in [2.75, 3.05) is 13.1 Å². The molecule has 0 aromatic heterocycles. The number of likely N-dealkylation sites (tertiary alicyclic amines) is 1. The Labute approximate surface area is 153 Å². The van der Waals surface area contributed by atoms with Crippen LogP contribution in [0.15, 0.2) is 54.6 Å². The Hall–Kier alpha value is -2.95. The van der Waals surface area contributed by atoms with Crippen LogP contribution in [0.5, 0.6) is 0 Å². The second-order valence-electron chi connectivity index (χ2n) is 6.49. The van der Waals surface area contributed by atoms with Gasteiger partial charge in [0.2, 0.25) is 5.91 Å². The number of amides is 2. The number of ketones is 1. The summed E-state index contributed by atoms with van der Waals surface area (Å²) in [5.41, 5.74) is 1.34. The minimum Gasteiger partial charge on any atom is -0.349 e. The highest BCUT2D eigenvalue weighted by Gasteiger charge is 2.24. The maximum absolute atomic E-state index is 12.8. The van der Waals surface area contributed by atoms with Crippen LogP contribution >= 0.6 is 0 Å². The molecule has 0 bridgehead atoms. The van der Waals surface area contributed by atoms with E-state index in [1.165, 1.54) is 0 Å². The summed E-state index contributed by atoms with van der Waals surface area (Å²) in [5.74, 6) is -0.345. The van der Waals surface area contributed by atoms with Crippen molar-refractivity contribution in [2.45, 2.75) is 25.8 Å². The molecule has 0 saturated carbocycles. The molecular weight excluding hydrogens is 328 g/mol. The molecule has 0 aliphatic carbocycles. The molecule has 0 atom stereocenters. The Morgan fingerprint density at radius 2 is 1.46 bits per heavy atom. The highest BCUT2D eigenvalue weighted by molar-refractivity contribution is 6.15. The minimum absolute atomic E-state index is 0.0120. The average Bonchev–Trinajstić information content (AvgIpc) is 2.68. The van der Waals surface area contributed by atoms with E-state index in [1.807, 2.05) is 6.07 Å². The highest BCUT2D eigenvalue weighted by atomic mass is 16.2. The van der Waals surface area contributed by atoms with E-state index in [1.54, 1.807) is 60.4 Å². The molecule has 1 aliphatic rings. The molecule has 1 aliphatic heterocycles. The van der Waals surface area contributed by atoms with Gasteiger partial charge in [0.25, 0.3) is 5.91 Å². The van der Waals surface area contributed by atoms with Crippen LogP contribution in [0.3, 0.4) is 0 Å². The average molecular weight is 350 g/mol. The first kappa shape index (κ1) is 17.9. The Kier molecular flexibility index (Phi) is 5.46. The molecule has 134 valence electrons. The number of hydrogen-bond donors (Lipinski definition) is 1. The van der Waals surface area contributed by atoms with Crippen LogP contribution in [0.25, 0.3) is 0 Å². The van der Waals surface area contributed by atoms with Crippen molar-refractivity contribution < 1.29 is 14.4 Å². The highest BCUT2D eigenvalue weighted by Crippen LogP contribution is 2.16. The number of carbonyl (C=O) groups is 3. The summed E-state index contributed by atoms with van der Waals surface area (Å²) in [7, 11) is 0. The maximum Gasteiger partial charge on any atom is 0.252 e. The zero-order valence-corrected chi connectivity index (χ0v) is 14.8. The van der Waals surface area contributed by atoms with E-state index in [0.717, 1.165) is 12.8 Å². The number of carbonyl (C=O) groups excluding carboxylic acids is 3. The fourth-order valence-electron chi connectivity index (χ4n) is 3.23. The zero-order chi connectivity index (χ0) is 18.5. The van der Waals surface area contributed by atoms with Gasteiger partial charge in [0.1, 0.15) is 0 Å². The lowest BCUT2D eigenvalue weighted by atomic mass is 9.97.